The van der Waals surface area contributed by atoms with Crippen LogP contribution in [0.15, 0.2) is 24.3 Å². The van der Waals surface area contributed by atoms with Gasteiger partial charge in [-0.1, -0.05) is 24.3 Å². The van der Waals surface area contributed by atoms with Crippen LogP contribution in [-0.4, -0.2) is 43.3 Å². The topological polar surface area (TPSA) is 66.5 Å². The highest BCUT2D eigenvalue weighted by atomic mass is 32.2. The molecule has 1 amide bonds. The van der Waals surface area contributed by atoms with E-state index in [1.807, 2.05) is 31.2 Å². The lowest BCUT2D eigenvalue weighted by Gasteiger charge is -2.25. The Morgan fingerprint density at radius 3 is 2.57 bits per heavy atom. The molecular formula is C15H20N2O3S. The second-order valence-corrected chi connectivity index (χ2v) is 8.37. The Morgan fingerprint density at radius 2 is 2.00 bits per heavy atom. The van der Waals surface area contributed by atoms with E-state index in [9.17, 15) is 13.2 Å². The number of hydrogen-bond donors (Lipinski definition) is 1. The van der Waals surface area contributed by atoms with Gasteiger partial charge in [0.2, 0.25) is 5.91 Å². The van der Waals surface area contributed by atoms with Gasteiger partial charge in [-0.15, -0.1) is 0 Å². The molecule has 1 spiro atoms. The lowest BCUT2D eigenvalue weighted by molar-refractivity contribution is -0.130. The van der Waals surface area contributed by atoms with E-state index in [-0.39, 0.29) is 24.4 Å². The van der Waals surface area contributed by atoms with Crippen molar-refractivity contribution in [3.8, 4) is 0 Å². The largest absolute Gasteiger partial charge is 0.320 e. The molecule has 1 aromatic carbocycles. The third kappa shape index (κ3) is 2.70. The van der Waals surface area contributed by atoms with Crippen molar-refractivity contribution >= 4 is 15.7 Å². The number of hydrogen-bond acceptors (Lipinski definition) is 4. The van der Waals surface area contributed by atoms with Gasteiger partial charge in [0.05, 0.1) is 5.75 Å². The highest BCUT2D eigenvalue weighted by Gasteiger charge is 2.59. The van der Waals surface area contributed by atoms with Crippen LogP contribution in [0.2, 0.25) is 0 Å². The molecular weight excluding hydrogens is 288 g/mol. The summed E-state index contributed by atoms with van der Waals surface area (Å²) in [5.74, 6) is 0.0400. The van der Waals surface area contributed by atoms with Crippen molar-refractivity contribution in [2.75, 3.05) is 18.6 Å². The average Bonchev–Trinajstić information content (AvgIpc) is 3.12. The first-order chi connectivity index (χ1) is 9.82. The van der Waals surface area contributed by atoms with Crippen LogP contribution in [0.1, 0.15) is 30.1 Å². The Bertz CT molecular complexity index is 680. The second kappa shape index (κ2) is 4.81. The third-order valence-corrected chi connectivity index (χ3v) is 5.26. The van der Waals surface area contributed by atoms with E-state index >= 15 is 0 Å². The van der Waals surface area contributed by atoms with E-state index in [1.165, 1.54) is 6.26 Å². The van der Waals surface area contributed by atoms with Gasteiger partial charge in [-0.3, -0.25) is 10.1 Å². The Hall–Kier alpha value is -1.40. The molecule has 0 bridgehead atoms. The number of benzene rings is 1. The Kier molecular flexibility index (Phi) is 3.33. The Morgan fingerprint density at radius 1 is 1.33 bits per heavy atom. The van der Waals surface area contributed by atoms with Crippen LogP contribution in [0.5, 0.6) is 0 Å². The van der Waals surface area contributed by atoms with Crippen molar-refractivity contribution in [3.05, 3.63) is 35.4 Å². The molecule has 1 atom stereocenters. The molecule has 6 heteroatoms. The number of amides is 1. The predicted molar refractivity (Wildman–Crippen MR) is 80.4 cm³/mol. The summed E-state index contributed by atoms with van der Waals surface area (Å²) in [5, 5.41) is 3.42. The first-order valence-electron chi connectivity index (χ1n) is 7.14. The molecule has 0 aromatic heterocycles. The van der Waals surface area contributed by atoms with E-state index in [1.54, 1.807) is 4.90 Å². The van der Waals surface area contributed by atoms with Gasteiger partial charge in [0.25, 0.3) is 0 Å². The van der Waals surface area contributed by atoms with Crippen molar-refractivity contribution in [1.29, 1.82) is 0 Å². The molecule has 1 aliphatic carbocycles. The highest BCUT2D eigenvalue weighted by Crippen LogP contribution is 2.46. The van der Waals surface area contributed by atoms with E-state index < -0.39 is 15.4 Å². The fourth-order valence-electron chi connectivity index (χ4n) is 2.91. The number of aryl methyl sites for hydroxylation is 1. The van der Waals surface area contributed by atoms with Crippen LogP contribution in [0, 0.1) is 6.92 Å². The average molecular weight is 308 g/mol. The Balaban J connectivity index is 1.90. The van der Waals surface area contributed by atoms with Gasteiger partial charge in [-0.25, -0.2) is 8.42 Å². The van der Waals surface area contributed by atoms with Gasteiger partial charge >= 0.3 is 0 Å². The predicted octanol–water partition coefficient (Wildman–Crippen LogP) is 1.00. The lowest BCUT2D eigenvalue weighted by atomic mass is 10.1. The first-order valence-corrected chi connectivity index (χ1v) is 9.20. The zero-order chi connectivity index (χ0) is 15.3. The zero-order valence-corrected chi connectivity index (χ0v) is 13.1. The van der Waals surface area contributed by atoms with E-state index in [2.05, 4.69) is 5.32 Å². The standard InChI is InChI=1S/C15H20N2O3S/c1-11-5-3-4-6-12(11)13-16-15(7-8-15)14(18)17(13)9-10-21(2,19)20/h3-6,13,16H,7-10H2,1-2H3. The molecule has 1 N–H and O–H groups in total. The number of sulfone groups is 1. The molecule has 5 nitrogen and oxygen atoms in total. The van der Waals surface area contributed by atoms with Crippen molar-refractivity contribution in [2.24, 2.45) is 0 Å². The van der Waals surface area contributed by atoms with Crippen molar-refractivity contribution in [1.82, 2.24) is 10.2 Å². The summed E-state index contributed by atoms with van der Waals surface area (Å²) in [6.07, 6.45) is 2.66. The number of nitrogens with one attached hydrogen (secondary N) is 1. The molecule has 1 saturated heterocycles. The minimum absolute atomic E-state index is 0.00111. The Labute approximate surface area is 125 Å². The number of rotatable bonds is 4. The lowest BCUT2D eigenvalue weighted by Crippen LogP contribution is -2.35. The van der Waals surface area contributed by atoms with E-state index in [0.717, 1.165) is 24.0 Å². The van der Waals surface area contributed by atoms with Crippen LogP contribution < -0.4 is 5.32 Å². The van der Waals surface area contributed by atoms with Gasteiger partial charge in [-0.2, -0.15) is 0 Å². The highest BCUT2D eigenvalue weighted by molar-refractivity contribution is 7.90. The number of nitrogens with zero attached hydrogens (tertiary/aromatic N) is 1. The van der Waals surface area contributed by atoms with Gasteiger partial charge in [0.1, 0.15) is 21.5 Å². The summed E-state index contributed by atoms with van der Waals surface area (Å²) in [6.45, 7) is 2.25. The maximum atomic E-state index is 12.6. The molecule has 1 heterocycles. The second-order valence-electron chi connectivity index (χ2n) is 6.11. The van der Waals surface area contributed by atoms with Gasteiger partial charge in [0, 0.05) is 12.8 Å². The van der Waals surface area contributed by atoms with Gasteiger partial charge in [-0.05, 0) is 30.9 Å². The molecule has 2 fully saturated rings. The van der Waals surface area contributed by atoms with Crippen LogP contribution in [0.3, 0.4) is 0 Å². The fourth-order valence-corrected chi connectivity index (χ4v) is 3.44. The summed E-state index contributed by atoms with van der Waals surface area (Å²) in [4.78, 5) is 14.3. The summed E-state index contributed by atoms with van der Waals surface area (Å²) in [6, 6.07) is 7.91. The zero-order valence-electron chi connectivity index (χ0n) is 12.3. The van der Waals surface area contributed by atoms with Crippen LogP contribution in [0.25, 0.3) is 0 Å². The van der Waals surface area contributed by atoms with E-state index in [4.69, 9.17) is 0 Å². The maximum Gasteiger partial charge on any atom is 0.244 e. The quantitative estimate of drug-likeness (QED) is 0.901. The molecule has 1 unspecified atom stereocenters. The number of carbonyl (C=O) groups is 1. The van der Waals surface area contributed by atoms with Crippen molar-refractivity contribution in [2.45, 2.75) is 31.5 Å². The fraction of sp³-hybridized carbons (Fsp3) is 0.533. The van der Waals surface area contributed by atoms with Crippen LogP contribution in [0.4, 0.5) is 0 Å². The molecule has 1 aromatic rings. The van der Waals surface area contributed by atoms with Crippen LogP contribution >= 0.6 is 0 Å². The smallest absolute Gasteiger partial charge is 0.244 e. The third-order valence-electron chi connectivity index (χ3n) is 4.33. The summed E-state index contributed by atoms with van der Waals surface area (Å²) >= 11 is 0. The minimum Gasteiger partial charge on any atom is -0.320 e. The van der Waals surface area contributed by atoms with Crippen molar-refractivity contribution < 1.29 is 13.2 Å². The summed E-state index contributed by atoms with van der Waals surface area (Å²) in [7, 11) is -3.09. The number of carbonyl (C=O) groups excluding carboxylic acids is 1. The minimum atomic E-state index is -3.09. The van der Waals surface area contributed by atoms with Crippen molar-refractivity contribution in [3.63, 3.8) is 0 Å². The van der Waals surface area contributed by atoms with Gasteiger partial charge in [0.15, 0.2) is 0 Å². The SMILES string of the molecule is Cc1ccccc1C1NC2(CC2)C(=O)N1CCS(C)(=O)=O. The summed E-state index contributed by atoms with van der Waals surface area (Å²) in [5.41, 5.74) is 1.71. The molecule has 0 radical (unpaired) electrons. The monoisotopic (exact) mass is 308 g/mol. The molecule has 1 saturated carbocycles. The summed E-state index contributed by atoms with van der Waals surface area (Å²) < 4.78 is 22.8. The van der Waals surface area contributed by atoms with E-state index in [0.29, 0.717) is 0 Å². The molecule has 21 heavy (non-hydrogen) atoms. The van der Waals surface area contributed by atoms with Gasteiger partial charge < -0.3 is 4.90 Å². The first kappa shape index (κ1) is 14.5. The molecule has 1 aliphatic heterocycles. The maximum absolute atomic E-state index is 12.6. The normalized spacial score (nSPS) is 23.8. The molecule has 2 aliphatic rings. The van der Waals surface area contributed by atoms with Crippen LogP contribution in [-0.2, 0) is 14.6 Å². The molecule has 3 rings (SSSR count). The molecule has 114 valence electrons.